The number of carboxylic acid groups (broad SMARTS) is 1. The van der Waals surface area contributed by atoms with Crippen molar-refractivity contribution in [3.8, 4) is 0 Å². The molecule has 9 heteroatoms. The van der Waals surface area contributed by atoms with Gasteiger partial charge in [-0.3, -0.25) is 9.69 Å². The molecule has 33 heavy (non-hydrogen) atoms. The first-order valence-corrected chi connectivity index (χ1v) is 10.6. The number of nitrogens with zero attached hydrogens (tertiary/aromatic N) is 2. The molecule has 178 valence electrons. The van der Waals surface area contributed by atoms with E-state index >= 15 is 0 Å². The average Bonchev–Trinajstić information content (AvgIpc) is 2.93. The maximum Gasteiger partial charge on any atom is 0.490 e. The monoisotopic (exact) mass is 464 g/mol. The molecule has 0 aromatic heterocycles. The Morgan fingerprint density at radius 2 is 1.52 bits per heavy atom. The minimum absolute atomic E-state index is 0.0862. The number of rotatable bonds is 4. The Labute approximate surface area is 190 Å². The third kappa shape index (κ3) is 7.30. The van der Waals surface area contributed by atoms with E-state index < -0.39 is 12.1 Å². The Bertz CT molecular complexity index is 924. The minimum atomic E-state index is -5.08. The normalized spacial score (nSPS) is 21.4. The number of hydrogen-bond acceptors (Lipinski definition) is 4. The van der Waals surface area contributed by atoms with Gasteiger partial charge in [0.05, 0.1) is 13.2 Å². The number of alkyl halides is 3. The zero-order valence-electron chi connectivity index (χ0n) is 18.1. The lowest BCUT2D eigenvalue weighted by atomic mass is 9.87. The van der Waals surface area contributed by atoms with Crippen molar-refractivity contribution in [2.75, 3.05) is 32.8 Å². The number of aliphatic carboxylic acids is 1. The predicted octanol–water partition coefficient (Wildman–Crippen LogP) is 3.57. The summed E-state index contributed by atoms with van der Waals surface area (Å²) in [5, 5.41) is 7.12. The quantitative estimate of drug-likeness (QED) is 0.749. The number of halogens is 3. The number of likely N-dealkylation sites (tertiary alicyclic amines) is 1. The molecule has 2 saturated heterocycles. The number of amides is 1. The Kier molecular flexibility index (Phi) is 8.10. The molecule has 2 aromatic rings. The highest BCUT2D eigenvalue weighted by molar-refractivity contribution is 5.79. The maximum absolute atomic E-state index is 12.7. The first-order chi connectivity index (χ1) is 15.7. The Balaban J connectivity index is 0.000000383. The number of ether oxygens (including phenoxy) is 1. The van der Waals surface area contributed by atoms with Crippen LogP contribution in [0.25, 0.3) is 0 Å². The molecule has 6 nitrogen and oxygen atoms in total. The van der Waals surface area contributed by atoms with Gasteiger partial charge in [-0.15, -0.1) is 0 Å². The fraction of sp³-hybridized carbons (Fsp3) is 0.417. The second-order valence-electron chi connectivity index (χ2n) is 8.46. The Morgan fingerprint density at radius 3 is 2.06 bits per heavy atom. The van der Waals surface area contributed by atoms with E-state index in [0.717, 1.165) is 32.8 Å². The average molecular weight is 464 g/mol. The lowest BCUT2D eigenvalue weighted by Crippen LogP contribution is -2.40. The standard InChI is InChI=1S/C22H26N2O2.C2HF3O2/c25-21-13-22(17-24(21)15-20-9-5-2-6-10-20)16-23(11-12-26-18-22)14-19-7-3-1-4-8-19;3-2(4,5)1(6)7/h1-10H,11-18H2;(H,6,7). The highest BCUT2D eigenvalue weighted by atomic mass is 19.4. The van der Waals surface area contributed by atoms with Crippen molar-refractivity contribution in [3.63, 3.8) is 0 Å². The second-order valence-corrected chi connectivity index (χ2v) is 8.46. The van der Waals surface area contributed by atoms with E-state index in [1.807, 2.05) is 29.2 Å². The molecule has 0 aliphatic carbocycles. The van der Waals surface area contributed by atoms with Gasteiger partial charge >= 0.3 is 12.1 Å². The molecule has 1 atom stereocenters. The van der Waals surface area contributed by atoms with Gasteiger partial charge in [-0.2, -0.15) is 13.2 Å². The van der Waals surface area contributed by atoms with Crippen LogP contribution in [0.4, 0.5) is 13.2 Å². The summed E-state index contributed by atoms with van der Waals surface area (Å²) in [6.07, 6.45) is -4.49. The van der Waals surface area contributed by atoms with Crippen LogP contribution < -0.4 is 0 Å². The van der Waals surface area contributed by atoms with Crippen molar-refractivity contribution >= 4 is 11.9 Å². The summed E-state index contributed by atoms with van der Waals surface area (Å²) in [6, 6.07) is 20.8. The molecule has 0 saturated carbocycles. The molecular formula is C24H27F3N2O4. The second kappa shape index (κ2) is 10.8. The molecule has 2 aliphatic heterocycles. The van der Waals surface area contributed by atoms with Gasteiger partial charge in [0, 0.05) is 44.6 Å². The van der Waals surface area contributed by atoms with Gasteiger partial charge in [-0.05, 0) is 11.1 Å². The summed E-state index contributed by atoms with van der Waals surface area (Å²) in [6.45, 7) is 5.64. The van der Waals surface area contributed by atoms with Crippen LogP contribution in [-0.2, 0) is 27.4 Å². The van der Waals surface area contributed by atoms with E-state index in [9.17, 15) is 18.0 Å². The van der Waals surface area contributed by atoms with E-state index in [2.05, 4.69) is 41.3 Å². The van der Waals surface area contributed by atoms with Gasteiger partial charge in [0.1, 0.15) is 0 Å². The van der Waals surface area contributed by atoms with Gasteiger partial charge < -0.3 is 14.7 Å². The lowest BCUT2D eigenvalue weighted by molar-refractivity contribution is -0.192. The molecule has 1 unspecified atom stereocenters. The number of hydrogen-bond donors (Lipinski definition) is 1. The van der Waals surface area contributed by atoms with Gasteiger partial charge in [0.2, 0.25) is 5.91 Å². The molecule has 0 radical (unpaired) electrons. The van der Waals surface area contributed by atoms with Gasteiger partial charge in [-0.25, -0.2) is 4.79 Å². The van der Waals surface area contributed by atoms with Crippen LogP contribution in [-0.4, -0.2) is 65.8 Å². The van der Waals surface area contributed by atoms with Gasteiger partial charge in [-0.1, -0.05) is 60.7 Å². The number of carboxylic acids is 1. The molecule has 2 fully saturated rings. The Morgan fingerprint density at radius 1 is 0.970 bits per heavy atom. The molecular weight excluding hydrogens is 437 g/mol. The third-order valence-corrected chi connectivity index (χ3v) is 5.63. The van der Waals surface area contributed by atoms with Crippen molar-refractivity contribution in [1.29, 1.82) is 0 Å². The minimum Gasteiger partial charge on any atom is -0.475 e. The van der Waals surface area contributed by atoms with E-state index in [4.69, 9.17) is 14.6 Å². The van der Waals surface area contributed by atoms with Crippen LogP contribution in [0.5, 0.6) is 0 Å². The SMILES string of the molecule is O=C(O)C(F)(F)F.O=C1CC2(COCCN(Cc3ccccc3)C2)CN1Cc1ccccc1. The van der Waals surface area contributed by atoms with E-state index in [1.54, 1.807) is 0 Å². The number of carbonyl (C=O) groups excluding carboxylic acids is 1. The van der Waals surface area contributed by atoms with E-state index in [1.165, 1.54) is 11.1 Å². The molecule has 1 N–H and O–H groups in total. The van der Waals surface area contributed by atoms with Gasteiger partial charge in [0.25, 0.3) is 0 Å². The molecule has 2 aromatic carbocycles. The van der Waals surface area contributed by atoms with Crippen molar-refractivity contribution in [3.05, 3.63) is 71.8 Å². The summed E-state index contributed by atoms with van der Waals surface area (Å²) in [4.78, 5) is 26.0. The van der Waals surface area contributed by atoms with Gasteiger partial charge in [0.15, 0.2) is 0 Å². The first kappa shape index (κ1) is 24.7. The summed E-state index contributed by atoms with van der Waals surface area (Å²) < 4.78 is 37.7. The molecule has 4 rings (SSSR count). The summed E-state index contributed by atoms with van der Waals surface area (Å²) in [5.41, 5.74) is 2.42. The van der Waals surface area contributed by atoms with Crippen LogP contribution in [0.3, 0.4) is 0 Å². The van der Waals surface area contributed by atoms with Crippen molar-refractivity contribution < 1.29 is 32.6 Å². The molecule has 2 heterocycles. The molecule has 2 aliphatic rings. The zero-order chi connectivity index (χ0) is 23.9. The molecule has 1 spiro atoms. The largest absolute Gasteiger partial charge is 0.490 e. The first-order valence-electron chi connectivity index (χ1n) is 10.6. The van der Waals surface area contributed by atoms with E-state index in [0.29, 0.717) is 19.6 Å². The van der Waals surface area contributed by atoms with Crippen molar-refractivity contribution in [2.45, 2.75) is 25.7 Å². The number of benzene rings is 2. The zero-order valence-corrected chi connectivity index (χ0v) is 18.1. The van der Waals surface area contributed by atoms with Crippen LogP contribution in [0.2, 0.25) is 0 Å². The van der Waals surface area contributed by atoms with Crippen LogP contribution in [0, 0.1) is 5.41 Å². The summed E-state index contributed by atoms with van der Waals surface area (Å²) >= 11 is 0. The third-order valence-electron chi connectivity index (χ3n) is 5.63. The number of carbonyl (C=O) groups is 2. The fourth-order valence-electron chi connectivity index (χ4n) is 4.19. The Hall–Kier alpha value is -2.91. The fourth-order valence-corrected chi connectivity index (χ4v) is 4.19. The van der Waals surface area contributed by atoms with Crippen molar-refractivity contribution in [1.82, 2.24) is 9.80 Å². The smallest absolute Gasteiger partial charge is 0.475 e. The van der Waals surface area contributed by atoms with Crippen LogP contribution in [0.15, 0.2) is 60.7 Å². The maximum atomic E-state index is 12.7. The molecule has 0 bridgehead atoms. The van der Waals surface area contributed by atoms with Crippen LogP contribution >= 0.6 is 0 Å². The van der Waals surface area contributed by atoms with Crippen LogP contribution in [0.1, 0.15) is 17.5 Å². The highest BCUT2D eigenvalue weighted by Gasteiger charge is 2.45. The topological polar surface area (TPSA) is 70.1 Å². The van der Waals surface area contributed by atoms with E-state index in [-0.39, 0.29) is 11.3 Å². The highest BCUT2D eigenvalue weighted by Crippen LogP contribution is 2.35. The van der Waals surface area contributed by atoms with Crippen molar-refractivity contribution in [2.24, 2.45) is 5.41 Å². The predicted molar refractivity (Wildman–Crippen MR) is 115 cm³/mol. The summed E-state index contributed by atoms with van der Waals surface area (Å²) in [7, 11) is 0. The summed E-state index contributed by atoms with van der Waals surface area (Å²) in [5.74, 6) is -2.51. The molecule has 1 amide bonds. The lowest BCUT2D eigenvalue weighted by Gasteiger charge is -2.31.